The fraction of sp³-hybridized carbons (Fsp3) is 0.385. The number of carbonyl (C=O) groups excluding carboxylic acids is 1. The maximum atomic E-state index is 11.1. The highest BCUT2D eigenvalue weighted by molar-refractivity contribution is 7.16. The molecule has 0 saturated carbocycles. The monoisotopic (exact) mass is 330 g/mol. The quantitative estimate of drug-likeness (QED) is 0.759. The Kier molecular flexibility index (Phi) is 5.39. The normalized spacial score (nSPS) is 10.6. The Labute approximate surface area is 131 Å². The molecule has 0 aromatic carbocycles. The molecule has 0 atom stereocenters. The fourth-order valence-corrected chi connectivity index (χ4v) is 3.62. The average molecular weight is 331 g/mol. The van der Waals surface area contributed by atoms with Gasteiger partial charge >= 0.3 is 5.97 Å². The number of hydrogen-bond acceptors (Lipinski definition) is 6. The Morgan fingerprint density at radius 2 is 2.30 bits per heavy atom. The molecule has 0 unspecified atom stereocenters. The third kappa shape index (κ3) is 4.19. The highest BCUT2D eigenvalue weighted by Gasteiger charge is 2.10. The molecular weight excluding hydrogens is 316 g/mol. The topological polar surface area (TPSA) is 42.4 Å². The van der Waals surface area contributed by atoms with Crippen molar-refractivity contribution in [1.82, 2.24) is 4.98 Å². The first-order chi connectivity index (χ1) is 9.58. The van der Waals surface area contributed by atoms with Crippen LogP contribution in [0.2, 0.25) is 4.34 Å². The zero-order chi connectivity index (χ0) is 14.5. The second-order valence-electron chi connectivity index (χ2n) is 4.26. The SMILES string of the molecule is COC(=O)CCc1csc(N(C)Cc2ccc(Cl)s2)n1. The van der Waals surface area contributed by atoms with Crippen molar-refractivity contribution in [2.45, 2.75) is 19.4 Å². The molecule has 0 aliphatic rings. The van der Waals surface area contributed by atoms with Crippen LogP contribution in [0.25, 0.3) is 0 Å². The van der Waals surface area contributed by atoms with Crippen LogP contribution in [0.4, 0.5) is 5.13 Å². The summed E-state index contributed by atoms with van der Waals surface area (Å²) >= 11 is 9.07. The van der Waals surface area contributed by atoms with Crippen molar-refractivity contribution in [3.8, 4) is 0 Å². The largest absolute Gasteiger partial charge is 0.469 e. The van der Waals surface area contributed by atoms with Crippen LogP contribution in [0.15, 0.2) is 17.5 Å². The molecule has 0 bridgehead atoms. The van der Waals surface area contributed by atoms with E-state index in [-0.39, 0.29) is 5.97 Å². The summed E-state index contributed by atoms with van der Waals surface area (Å²) in [5, 5.41) is 2.92. The van der Waals surface area contributed by atoms with Crippen molar-refractivity contribution in [3.05, 3.63) is 32.4 Å². The number of aryl methyl sites for hydroxylation is 1. The number of hydrogen-bond donors (Lipinski definition) is 0. The Morgan fingerprint density at radius 3 is 2.95 bits per heavy atom. The predicted octanol–water partition coefficient (Wildman–Crippen LogP) is 3.60. The summed E-state index contributed by atoms with van der Waals surface area (Å²) in [6.45, 7) is 0.779. The van der Waals surface area contributed by atoms with E-state index >= 15 is 0 Å². The van der Waals surface area contributed by atoms with Crippen molar-refractivity contribution in [3.63, 3.8) is 0 Å². The van der Waals surface area contributed by atoms with Crippen molar-refractivity contribution in [2.75, 3.05) is 19.1 Å². The molecule has 0 aliphatic carbocycles. The van der Waals surface area contributed by atoms with Gasteiger partial charge in [0, 0.05) is 23.7 Å². The number of thiazole rings is 1. The van der Waals surface area contributed by atoms with Crippen molar-refractivity contribution in [1.29, 1.82) is 0 Å². The maximum Gasteiger partial charge on any atom is 0.305 e. The molecule has 7 heteroatoms. The summed E-state index contributed by atoms with van der Waals surface area (Å²) in [7, 11) is 3.39. The highest BCUT2D eigenvalue weighted by atomic mass is 35.5. The van der Waals surface area contributed by atoms with Gasteiger partial charge in [-0.1, -0.05) is 11.6 Å². The van der Waals surface area contributed by atoms with Crippen molar-refractivity contribution >= 4 is 45.4 Å². The van der Waals surface area contributed by atoms with Gasteiger partial charge in [0.05, 0.1) is 30.1 Å². The summed E-state index contributed by atoms with van der Waals surface area (Å²) in [4.78, 5) is 18.9. The van der Waals surface area contributed by atoms with Crippen LogP contribution in [-0.2, 0) is 22.5 Å². The first-order valence-electron chi connectivity index (χ1n) is 6.05. The van der Waals surface area contributed by atoms with E-state index in [1.165, 1.54) is 12.0 Å². The number of carbonyl (C=O) groups is 1. The number of ether oxygens (including phenoxy) is 1. The lowest BCUT2D eigenvalue weighted by atomic mass is 10.2. The third-order valence-corrected chi connectivity index (χ3v) is 4.92. The van der Waals surface area contributed by atoms with Crippen molar-refractivity contribution in [2.24, 2.45) is 0 Å². The molecule has 20 heavy (non-hydrogen) atoms. The highest BCUT2D eigenvalue weighted by Crippen LogP contribution is 2.26. The maximum absolute atomic E-state index is 11.1. The van der Waals surface area contributed by atoms with Crippen LogP contribution < -0.4 is 4.90 Å². The van der Waals surface area contributed by atoms with E-state index in [2.05, 4.69) is 14.6 Å². The lowest BCUT2D eigenvalue weighted by molar-refractivity contribution is -0.140. The molecule has 108 valence electrons. The number of aromatic nitrogens is 1. The van der Waals surface area contributed by atoms with Gasteiger partial charge < -0.3 is 9.64 Å². The summed E-state index contributed by atoms with van der Waals surface area (Å²) in [5.74, 6) is -0.207. The lowest BCUT2D eigenvalue weighted by Crippen LogP contribution is -2.15. The second-order valence-corrected chi connectivity index (χ2v) is 6.90. The summed E-state index contributed by atoms with van der Waals surface area (Å²) in [5.41, 5.74) is 0.923. The molecule has 2 aromatic heterocycles. The molecule has 0 aliphatic heterocycles. The van der Waals surface area contributed by atoms with Crippen LogP contribution >= 0.6 is 34.3 Å². The number of rotatable bonds is 6. The fourth-order valence-electron chi connectivity index (χ4n) is 1.66. The van der Waals surface area contributed by atoms with Crippen LogP contribution in [-0.4, -0.2) is 25.1 Å². The van der Waals surface area contributed by atoms with Gasteiger partial charge in [-0.3, -0.25) is 4.79 Å². The molecule has 2 rings (SSSR count). The Bertz CT molecular complexity index is 582. The van der Waals surface area contributed by atoms with Gasteiger partial charge in [-0.2, -0.15) is 0 Å². The molecule has 0 N–H and O–H groups in total. The van der Waals surface area contributed by atoms with E-state index in [0.29, 0.717) is 12.8 Å². The van der Waals surface area contributed by atoms with Gasteiger partial charge in [0.2, 0.25) is 0 Å². The van der Waals surface area contributed by atoms with E-state index < -0.39 is 0 Å². The standard InChI is InChI=1S/C13H15ClN2O2S2/c1-16(7-10-4-5-11(14)20-10)13-15-9(8-19-13)3-6-12(17)18-2/h4-5,8H,3,6-7H2,1-2H3. The van der Waals surface area contributed by atoms with Crippen LogP contribution in [0, 0.1) is 0 Å². The van der Waals surface area contributed by atoms with E-state index in [1.54, 1.807) is 22.7 Å². The van der Waals surface area contributed by atoms with Crippen LogP contribution in [0.3, 0.4) is 0 Å². The van der Waals surface area contributed by atoms with Gasteiger partial charge in [0.1, 0.15) is 0 Å². The van der Waals surface area contributed by atoms with Gasteiger partial charge in [-0.25, -0.2) is 4.98 Å². The van der Waals surface area contributed by atoms with E-state index in [9.17, 15) is 4.79 Å². The van der Waals surface area contributed by atoms with Crippen LogP contribution in [0.5, 0.6) is 0 Å². The number of esters is 1. The van der Waals surface area contributed by atoms with Gasteiger partial charge in [-0.15, -0.1) is 22.7 Å². The van der Waals surface area contributed by atoms with E-state index in [0.717, 1.165) is 21.7 Å². The third-order valence-electron chi connectivity index (χ3n) is 2.70. The molecule has 0 spiro atoms. The number of thiophene rings is 1. The smallest absolute Gasteiger partial charge is 0.305 e. The second kappa shape index (κ2) is 7.06. The molecule has 4 nitrogen and oxygen atoms in total. The first-order valence-corrected chi connectivity index (χ1v) is 8.12. The number of methoxy groups -OCH3 is 1. The van der Waals surface area contributed by atoms with E-state index in [4.69, 9.17) is 11.6 Å². The number of anilines is 1. The van der Waals surface area contributed by atoms with Crippen LogP contribution in [0.1, 0.15) is 17.0 Å². The van der Waals surface area contributed by atoms with Gasteiger partial charge in [-0.05, 0) is 12.1 Å². The van der Waals surface area contributed by atoms with Gasteiger partial charge in [0.15, 0.2) is 5.13 Å². The lowest BCUT2D eigenvalue weighted by Gasteiger charge is -2.14. The molecule has 0 fully saturated rings. The number of nitrogens with zero attached hydrogens (tertiary/aromatic N) is 2. The minimum Gasteiger partial charge on any atom is -0.469 e. The summed E-state index contributed by atoms with van der Waals surface area (Å²) in [6.07, 6.45) is 0.978. The Hall–Kier alpha value is -1.11. The Balaban J connectivity index is 1.92. The predicted molar refractivity (Wildman–Crippen MR) is 83.9 cm³/mol. The summed E-state index contributed by atoms with van der Waals surface area (Å²) < 4.78 is 5.42. The molecule has 0 amide bonds. The Morgan fingerprint density at radius 1 is 1.50 bits per heavy atom. The molecule has 2 aromatic rings. The molecular formula is C13H15ClN2O2S2. The van der Waals surface area contributed by atoms with Crippen molar-refractivity contribution < 1.29 is 9.53 Å². The minimum absolute atomic E-state index is 0.207. The number of halogens is 1. The minimum atomic E-state index is -0.207. The average Bonchev–Trinajstić information content (AvgIpc) is 3.05. The zero-order valence-corrected chi connectivity index (χ0v) is 13.6. The van der Waals surface area contributed by atoms with Gasteiger partial charge in [0.25, 0.3) is 0 Å². The van der Waals surface area contributed by atoms with E-state index in [1.807, 2.05) is 24.6 Å². The molecule has 2 heterocycles. The zero-order valence-electron chi connectivity index (χ0n) is 11.3. The molecule has 0 saturated heterocycles. The first kappa shape index (κ1) is 15.3. The summed E-state index contributed by atoms with van der Waals surface area (Å²) in [6, 6.07) is 3.92. The molecule has 0 radical (unpaired) electrons.